The third-order valence-corrected chi connectivity index (χ3v) is 5.75. The molecule has 4 nitrogen and oxygen atoms in total. The van der Waals surface area contributed by atoms with Crippen molar-refractivity contribution in [2.24, 2.45) is 0 Å². The van der Waals surface area contributed by atoms with Crippen molar-refractivity contribution in [3.05, 3.63) is 89.8 Å². The number of oxazole rings is 1. The SMILES string of the molecule is O=C(c1cccc(C(F)(F)F)c1)N1CCC[C@@H]1c1nc2cc(-c3ccccc3)ccc2o1. The molecule has 2 heterocycles. The van der Waals surface area contributed by atoms with Crippen molar-refractivity contribution < 1.29 is 22.4 Å². The second kappa shape index (κ2) is 7.82. The average molecular weight is 436 g/mol. The molecule has 1 aromatic heterocycles. The minimum Gasteiger partial charge on any atom is -0.438 e. The van der Waals surface area contributed by atoms with Crippen molar-refractivity contribution in [2.75, 3.05) is 6.54 Å². The summed E-state index contributed by atoms with van der Waals surface area (Å²) in [5, 5.41) is 0. The minimum absolute atomic E-state index is 0.00852. The van der Waals surface area contributed by atoms with Gasteiger partial charge in [0.15, 0.2) is 5.58 Å². The van der Waals surface area contributed by atoms with Crippen LogP contribution in [-0.4, -0.2) is 22.3 Å². The third kappa shape index (κ3) is 3.75. The summed E-state index contributed by atoms with van der Waals surface area (Å²) in [6, 6.07) is 19.7. The second-order valence-electron chi connectivity index (χ2n) is 7.84. The summed E-state index contributed by atoms with van der Waals surface area (Å²) in [7, 11) is 0. The van der Waals surface area contributed by atoms with Crippen LogP contribution in [0.4, 0.5) is 13.2 Å². The topological polar surface area (TPSA) is 46.3 Å². The number of carbonyl (C=O) groups excluding carboxylic acids is 1. The van der Waals surface area contributed by atoms with E-state index in [1.54, 1.807) is 4.90 Å². The number of hydrogen-bond donors (Lipinski definition) is 0. The van der Waals surface area contributed by atoms with Crippen molar-refractivity contribution in [1.29, 1.82) is 0 Å². The van der Waals surface area contributed by atoms with Crippen LogP contribution < -0.4 is 0 Å². The van der Waals surface area contributed by atoms with Crippen LogP contribution in [0.25, 0.3) is 22.2 Å². The predicted octanol–water partition coefficient (Wildman–Crippen LogP) is 6.49. The number of hydrogen-bond acceptors (Lipinski definition) is 3. The zero-order chi connectivity index (χ0) is 22.3. The number of nitrogens with zero attached hydrogens (tertiary/aromatic N) is 2. The lowest BCUT2D eigenvalue weighted by Crippen LogP contribution is -2.31. The van der Waals surface area contributed by atoms with Crippen molar-refractivity contribution in [1.82, 2.24) is 9.88 Å². The Morgan fingerprint density at radius 1 is 0.969 bits per heavy atom. The molecule has 1 amide bonds. The second-order valence-corrected chi connectivity index (χ2v) is 7.84. The van der Waals surface area contributed by atoms with Crippen LogP contribution in [-0.2, 0) is 6.18 Å². The summed E-state index contributed by atoms with van der Waals surface area (Å²) in [5.74, 6) is -0.0473. The number of carbonyl (C=O) groups is 1. The summed E-state index contributed by atoms with van der Waals surface area (Å²) in [4.78, 5) is 19.2. The molecule has 1 saturated heterocycles. The number of benzene rings is 3. The fourth-order valence-corrected chi connectivity index (χ4v) is 4.16. The van der Waals surface area contributed by atoms with Gasteiger partial charge in [0.2, 0.25) is 5.89 Å². The number of alkyl halides is 3. The highest BCUT2D eigenvalue weighted by Gasteiger charge is 2.36. The summed E-state index contributed by atoms with van der Waals surface area (Å²) >= 11 is 0. The molecule has 7 heteroatoms. The van der Waals surface area contributed by atoms with Gasteiger partial charge in [0.05, 0.1) is 5.56 Å². The Morgan fingerprint density at radius 3 is 2.56 bits per heavy atom. The molecule has 0 saturated carbocycles. The molecular formula is C25H19F3N2O2. The van der Waals surface area contributed by atoms with E-state index >= 15 is 0 Å². The first kappa shape index (κ1) is 20.3. The molecule has 1 aliphatic rings. The molecule has 0 bridgehead atoms. The molecule has 0 unspecified atom stereocenters. The first-order valence-electron chi connectivity index (χ1n) is 10.3. The van der Waals surface area contributed by atoms with E-state index in [1.807, 2.05) is 48.5 Å². The van der Waals surface area contributed by atoms with E-state index in [1.165, 1.54) is 12.1 Å². The van der Waals surface area contributed by atoms with Crippen LogP contribution in [0.3, 0.4) is 0 Å². The molecule has 1 fully saturated rings. The Kier molecular flexibility index (Phi) is 4.96. The van der Waals surface area contributed by atoms with Crippen LogP contribution in [0.1, 0.15) is 40.7 Å². The Hall–Kier alpha value is -3.61. The maximum absolute atomic E-state index is 13.1. The number of halogens is 3. The van der Waals surface area contributed by atoms with Crippen molar-refractivity contribution >= 4 is 17.0 Å². The van der Waals surface area contributed by atoms with Crippen LogP contribution in [0, 0.1) is 0 Å². The monoisotopic (exact) mass is 436 g/mol. The first-order chi connectivity index (χ1) is 15.4. The van der Waals surface area contributed by atoms with Gasteiger partial charge in [-0.2, -0.15) is 13.2 Å². The van der Waals surface area contributed by atoms with E-state index in [0.29, 0.717) is 30.0 Å². The molecule has 0 radical (unpaired) electrons. The number of amides is 1. The van der Waals surface area contributed by atoms with Gasteiger partial charge in [-0.25, -0.2) is 4.98 Å². The summed E-state index contributed by atoms with van der Waals surface area (Å²) < 4.78 is 45.2. The highest BCUT2D eigenvalue weighted by molar-refractivity contribution is 5.95. The van der Waals surface area contributed by atoms with Crippen LogP contribution in [0.15, 0.2) is 77.2 Å². The Morgan fingerprint density at radius 2 is 1.78 bits per heavy atom. The molecule has 1 atom stereocenters. The molecule has 4 aromatic rings. The average Bonchev–Trinajstić information content (AvgIpc) is 3.45. The molecule has 5 rings (SSSR count). The standard InChI is InChI=1S/C25H19F3N2O2/c26-25(27,28)19-9-4-8-18(14-19)24(31)30-13-5-10-21(30)23-29-20-15-17(11-12-22(20)32-23)16-6-2-1-3-7-16/h1-4,6-9,11-12,14-15,21H,5,10,13H2/t21-/m1/s1. The number of likely N-dealkylation sites (tertiary alicyclic amines) is 1. The van der Waals surface area contributed by atoms with E-state index in [0.717, 1.165) is 29.7 Å². The Balaban J connectivity index is 1.45. The van der Waals surface area contributed by atoms with Gasteiger partial charge in [-0.05, 0) is 54.3 Å². The lowest BCUT2D eigenvalue weighted by Gasteiger charge is -2.22. The molecule has 0 aliphatic carbocycles. The molecule has 3 aromatic carbocycles. The zero-order valence-corrected chi connectivity index (χ0v) is 17.0. The summed E-state index contributed by atoms with van der Waals surface area (Å²) in [5.41, 5.74) is 2.52. The molecule has 0 N–H and O–H groups in total. The molecule has 1 aliphatic heterocycles. The van der Waals surface area contributed by atoms with Crippen molar-refractivity contribution in [3.8, 4) is 11.1 Å². The molecule has 32 heavy (non-hydrogen) atoms. The van der Waals surface area contributed by atoms with Gasteiger partial charge >= 0.3 is 6.18 Å². The highest BCUT2D eigenvalue weighted by Crippen LogP contribution is 2.36. The van der Waals surface area contributed by atoms with Gasteiger partial charge in [0.25, 0.3) is 5.91 Å². The summed E-state index contributed by atoms with van der Waals surface area (Å²) in [6.45, 7) is 0.438. The summed E-state index contributed by atoms with van der Waals surface area (Å²) in [6.07, 6.45) is -3.14. The third-order valence-electron chi connectivity index (χ3n) is 5.75. The van der Waals surface area contributed by atoms with Crippen LogP contribution in [0.2, 0.25) is 0 Å². The Labute approximate surface area is 182 Å². The van der Waals surface area contributed by atoms with Gasteiger partial charge in [-0.3, -0.25) is 4.79 Å². The number of aromatic nitrogens is 1. The quantitative estimate of drug-likeness (QED) is 0.369. The first-order valence-corrected chi connectivity index (χ1v) is 10.3. The minimum atomic E-state index is -4.50. The maximum atomic E-state index is 13.1. The smallest absolute Gasteiger partial charge is 0.416 e. The fraction of sp³-hybridized carbons (Fsp3) is 0.200. The van der Waals surface area contributed by atoms with Crippen molar-refractivity contribution in [3.63, 3.8) is 0 Å². The lowest BCUT2D eigenvalue weighted by molar-refractivity contribution is -0.137. The van der Waals surface area contributed by atoms with Crippen LogP contribution >= 0.6 is 0 Å². The lowest BCUT2D eigenvalue weighted by atomic mass is 10.1. The van der Waals surface area contributed by atoms with E-state index in [4.69, 9.17) is 4.42 Å². The highest BCUT2D eigenvalue weighted by atomic mass is 19.4. The molecule has 162 valence electrons. The van der Waals surface area contributed by atoms with Crippen molar-refractivity contribution in [2.45, 2.75) is 25.1 Å². The van der Waals surface area contributed by atoms with Gasteiger partial charge in [-0.15, -0.1) is 0 Å². The van der Waals surface area contributed by atoms with Gasteiger partial charge in [-0.1, -0.05) is 42.5 Å². The Bertz CT molecular complexity index is 1280. The maximum Gasteiger partial charge on any atom is 0.416 e. The van der Waals surface area contributed by atoms with E-state index in [-0.39, 0.29) is 5.56 Å². The zero-order valence-electron chi connectivity index (χ0n) is 17.0. The number of fused-ring (bicyclic) bond motifs is 1. The normalized spacial score (nSPS) is 16.6. The fourth-order valence-electron chi connectivity index (χ4n) is 4.16. The largest absolute Gasteiger partial charge is 0.438 e. The van der Waals surface area contributed by atoms with Gasteiger partial charge in [0, 0.05) is 12.1 Å². The van der Waals surface area contributed by atoms with Crippen LogP contribution in [0.5, 0.6) is 0 Å². The van der Waals surface area contributed by atoms with Gasteiger partial charge < -0.3 is 9.32 Å². The van der Waals surface area contributed by atoms with E-state index in [2.05, 4.69) is 4.98 Å². The molecule has 0 spiro atoms. The van der Waals surface area contributed by atoms with E-state index in [9.17, 15) is 18.0 Å². The van der Waals surface area contributed by atoms with Gasteiger partial charge in [0.1, 0.15) is 11.6 Å². The predicted molar refractivity (Wildman–Crippen MR) is 114 cm³/mol. The number of rotatable bonds is 3. The van der Waals surface area contributed by atoms with E-state index < -0.39 is 23.7 Å². The molecular weight excluding hydrogens is 417 g/mol.